The van der Waals surface area contributed by atoms with Gasteiger partial charge >= 0.3 is 11.9 Å². The normalized spacial score (nSPS) is 10.7. The summed E-state index contributed by atoms with van der Waals surface area (Å²) in [5.74, 6) is -1.22. The molecule has 0 saturated carbocycles. The third-order valence-electron chi connectivity index (χ3n) is 4.26. The van der Waals surface area contributed by atoms with Gasteiger partial charge in [-0.15, -0.1) is 0 Å². The molecule has 6 nitrogen and oxygen atoms in total. The van der Waals surface area contributed by atoms with E-state index in [1.807, 2.05) is 30.3 Å². The second-order valence-electron chi connectivity index (χ2n) is 6.18. The first-order valence-corrected chi connectivity index (χ1v) is 8.74. The molecule has 1 heterocycles. The van der Waals surface area contributed by atoms with E-state index < -0.39 is 11.9 Å². The second-order valence-corrected chi connectivity index (χ2v) is 6.18. The average molecular weight is 364 g/mol. The van der Waals surface area contributed by atoms with Crippen molar-refractivity contribution in [2.75, 3.05) is 7.11 Å². The number of carboxylic acids is 1. The van der Waals surface area contributed by atoms with Crippen LogP contribution in [-0.4, -0.2) is 34.1 Å². The third kappa shape index (κ3) is 4.47. The summed E-state index contributed by atoms with van der Waals surface area (Å²) in [6.45, 7) is 0. The Kier molecular flexibility index (Phi) is 5.76. The Morgan fingerprint density at radius 3 is 2.48 bits per heavy atom. The van der Waals surface area contributed by atoms with Crippen LogP contribution in [0.5, 0.6) is 0 Å². The maximum absolute atomic E-state index is 11.8. The van der Waals surface area contributed by atoms with Gasteiger partial charge in [0.15, 0.2) is 0 Å². The van der Waals surface area contributed by atoms with E-state index in [4.69, 9.17) is 19.8 Å². The van der Waals surface area contributed by atoms with E-state index in [2.05, 4.69) is 0 Å². The fourth-order valence-corrected chi connectivity index (χ4v) is 2.91. The number of hydrogen-bond acceptors (Lipinski definition) is 5. The van der Waals surface area contributed by atoms with Gasteiger partial charge in [-0.05, 0) is 37.5 Å². The molecule has 0 spiro atoms. The lowest BCUT2D eigenvalue weighted by Crippen LogP contribution is -2.04. The first-order valence-electron chi connectivity index (χ1n) is 8.74. The zero-order chi connectivity index (χ0) is 19.2. The Labute approximate surface area is 156 Å². The average Bonchev–Trinajstić information content (AvgIpc) is 2.70. The molecule has 3 rings (SSSR count). The van der Waals surface area contributed by atoms with Gasteiger partial charge in [-0.1, -0.05) is 30.3 Å². The van der Waals surface area contributed by atoms with E-state index in [0.717, 1.165) is 17.0 Å². The van der Waals surface area contributed by atoms with E-state index in [0.29, 0.717) is 35.9 Å². The quantitative estimate of drug-likeness (QED) is 0.505. The van der Waals surface area contributed by atoms with Gasteiger partial charge in [-0.2, -0.15) is 0 Å². The van der Waals surface area contributed by atoms with Gasteiger partial charge in [0.05, 0.1) is 35.1 Å². The van der Waals surface area contributed by atoms with E-state index in [1.165, 1.54) is 7.11 Å². The number of hydrogen-bond donors (Lipinski definition) is 1. The maximum Gasteiger partial charge on any atom is 0.337 e. The largest absolute Gasteiger partial charge is 0.481 e. The van der Waals surface area contributed by atoms with Gasteiger partial charge in [0.1, 0.15) is 0 Å². The van der Waals surface area contributed by atoms with Gasteiger partial charge in [0.2, 0.25) is 0 Å². The number of benzene rings is 2. The maximum atomic E-state index is 11.8. The number of aromatic nitrogens is 2. The number of nitrogens with zero attached hydrogens (tertiary/aromatic N) is 2. The van der Waals surface area contributed by atoms with Crippen LogP contribution in [0.1, 0.15) is 35.3 Å². The minimum Gasteiger partial charge on any atom is -0.481 e. The molecule has 138 valence electrons. The topological polar surface area (TPSA) is 89.4 Å². The summed E-state index contributed by atoms with van der Waals surface area (Å²) in [5, 5.41) is 8.82. The van der Waals surface area contributed by atoms with Crippen LogP contribution in [0.2, 0.25) is 0 Å². The van der Waals surface area contributed by atoms with Crippen LogP contribution in [0.15, 0.2) is 48.5 Å². The highest BCUT2D eigenvalue weighted by atomic mass is 16.5. The van der Waals surface area contributed by atoms with Crippen LogP contribution >= 0.6 is 0 Å². The van der Waals surface area contributed by atoms with Crippen LogP contribution in [0.3, 0.4) is 0 Å². The highest BCUT2D eigenvalue weighted by Gasteiger charge is 2.13. The Morgan fingerprint density at radius 2 is 1.78 bits per heavy atom. The Balaban J connectivity index is 2.01. The van der Waals surface area contributed by atoms with E-state index in [1.54, 1.807) is 18.2 Å². The Hall–Kier alpha value is -3.28. The molecular formula is C21H20N2O4. The van der Waals surface area contributed by atoms with Crippen molar-refractivity contribution < 1.29 is 19.4 Å². The molecule has 2 aromatic carbocycles. The van der Waals surface area contributed by atoms with Gasteiger partial charge in [0, 0.05) is 12.0 Å². The van der Waals surface area contributed by atoms with E-state index in [9.17, 15) is 9.59 Å². The summed E-state index contributed by atoms with van der Waals surface area (Å²) in [6, 6.07) is 14.9. The lowest BCUT2D eigenvalue weighted by Gasteiger charge is -2.11. The summed E-state index contributed by atoms with van der Waals surface area (Å²) >= 11 is 0. The molecule has 0 saturated heterocycles. The number of aliphatic carboxylic acids is 1. The molecular weight excluding hydrogens is 344 g/mol. The van der Waals surface area contributed by atoms with Crippen molar-refractivity contribution in [2.45, 2.75) is 25.7 Å². The molecule has 0 aliphatic carbocycles. The fraction of sp³-hybridized carbons (Fsp3) is 0.238. The van der Waals surface area contributed by atoms with Crippen LogP contribution < -0.4 is 0 Å². The van der Waals surface area contributed by atoms with Crippen LogP contribution in [-0.2, 0) is 16.0 Å². The second kappa shape index (κ2) is 8.40. The highest BCUT2D eigenvalue weighted by Crippen LogP contribution is 2.25. The fourth-order valence-electron chi connectivity index (χ4n) is 2.91. The zero-order valence-electron chi connectivity index (χ0n) is 15.0. The minimum absolute atomic E-state index is 0.133. The standard InChI is InChI=1S/C21H20N2O4/c1-27-21(26)15-11-12-16-18(13-15)22-17(9-5-6-10-19(24)25)20(23-16)14-7-3-2-4-8-14/h2-4,7-8,11-13H,5-6,9-10H2,1H3,(H,24,25). The summed E-state index contributed by atoms with van der Waals surface area (Å²) in [6.07, 6.45) is 2.02. The number of fused-ring (bicyclic) bond motifs is 1. The molecule has 0 aliphatic heterocycles. The molecule has 0 amide bonds. The van der Waals surface area contributed by atoms with Crippen LogP contribution in [0, 0.1) is 0 Å². The first kappa shape index (κ1) is 18.5. The van der Waals surface area contributed by atoms with Crippen molar-refractivity contribution in [3.8, 4) is 11.3 Å². The zero-order valence-corrected chi connectivity index (χ0v) is 15.0. The number of esters is 1. The SMILES string of the molecule is COC(=O)c1ccc2nc(-c3ccccc3)c(CCCCC(=O)O)nc2c1. The molecule has 1 N–H and O–H groups in total. The molecule has 3 aromatic rings. The Morgan fingerprint density at radius 1 is 1.00 bits per heavy atom. The lowest BCUT2D eigenvalue weighted by molar-refractivity contribution is -0.137. The van der Waals surface area contributed by atoms with Crippen molar-refractivity contribution in [1.82, 2.24) is 9.97 Å². The molecule has 0 atom stereocenters. The lowest BCUT2D eigenvalue weighted by atomic mass is 10.0. The number of carboxylic acid groups (broad SMARTS) is 1. The third-order valence-corrected chi connectivity index (χ3v) is 4.26. The van der Waals surface area contributed by atoms with E-state index in [-0.39, 0.29) is 6.42 Å². The summed E-state index contributed by atoms with van der Waals surface area (Å²) < 4.78 is 4.77. The smallest absolute Gasteiger partial charge is 0.337 e. The molecule has 1 aromatic heterocycles. The highest BCUT2D eigenvalue weighted by molar-refractivity contribution is 5.93. The summed E-state index contributed by atoms with van der Waals surface area (Å²) in [5.41, 5.74) is 4.26. The van der Waals surface area contributed by atoms with Crippen molar-refractivity contribution in [3.63, 3.8) is 0 Å². The number of aryl methyl sites for hydroxylation is 1. The van der Waals surface area contributed by atoms with Gasteiger partial charge in [-0.3, -0.25) is 4.79 Å². The number of carbonyl (C=O) groups is 2. The number of rotatable bonds is 7. The number of ether oxygens (including phenoxy) is 1. The predicted molar refractivity (Wildman–Crippen MR) is 102 cm³/mol. The summed E-state index contributed by atoms with van der Waals surface area (Å²) in [4.78, 5) is 32.0. The number of carbonyl (C=O) groups excluding carboxylic acids is 1. The molecule has 0 unspecified atom stereocenters. The Bertz CT molecular complexity index is 971. The van der Waals surface area contributed by atoms with Crippen molar-refractivity contribution in [1.29, 1.82) is 0 Å². The molecule has 0 fully saturated rings. The molecule has 27 heavy (non-hydrogen) atoms. The molecule has 0 aliphatic rings. The van der Waals surface area contributed by atoms with Gasteiger partial charge in [0.25, 0.3) is 0 Å². The number of methoxy groups -OCH3 is 1. The minimum atomic E-state index is -0.800. The monoisotopic (exact) mass is 364 g/mol. The molecule has 0 bridgehead atoms. The van der Waals surface area contributed by atoms with Crippen molar-refractivity contribution in [2.24, 2.45) is 0 Å². The van der Waals surface area contributed by atoms with Crippen LogP contribution in [0.25, 0.3) is 22.3 Å². The molecule has 0 radical (unpaired) electrons. The summed E-state index contributed by atoms with van der Waals surface area (Å²) in [7, 11) is 1.34. The van der Waals surface area contributed by atoms with Crippen molar-refractivity contribution in [3.05, 3.63) is 59.8 Å². The first-order chi connectivity index (χ1) is 13.1. The van der Waals surface area contributed by atoms with Crippen LogP contribution in [0.4, 0.5) is 0 Å². The molecule has 6 heteroatoms. The van der Waals surface area contributed by atoms with Gasteiger partial charge in [-0.25, -0.2) is 14.8 Å². The van der Waals surface area contributed by atoms with E-state index >= 15 is 0 Å². The number of unbranched alkanes of at least 4 members (excludes halogenated alkanes) is 1. The van der Waals surface area contributed by atoms with Gasteiger partial charge < -0.3 is 9.84 Å². The predicted octanol–water partition coefficient (Wildman–Crippen LogP) is 3.88. The van der Waals surface area contributed by atoms with Crippen molar-refractivity contribution >= 4 is 23.0 Å².